The van der Waals surface area contributed by atoms with Crippen LogP contribution in [-0.2, 0) is 4.74 Å². The summed E-state index contributed by atoms with van der Waals surface area (Å²) in [5.74, 6) is 0.996. The van der Waals surface area contributed by atoms with Crippen LogP contribution >= 0.6 is 12.6 Å². The highest BCUT2D eigenvalue weighted by Gasteiger charge is 2.35. The Morgan fingerprint density at radius 1 is 1.05 bits per heavy atom. The Morgan fingerprint density at radius 3 is 2.11 bits per heavy atom. The molecule has 0 amide bonds. The SMILES string of the molecule is CC(C)(C)N1CCN(CC2(CS)CCOCC2)CC1. The van der Waals surface area contributed by atoms with Gasteiger partial charge < -0.3 is 9.64 Å². The molecule has 3 nitrogen and oxygen atoms in total. The topological polar surface area (TPSA) is 15.7 Å². The highest BCUT2D eigenvalue weighted by Crippen LogP contribution is 2.33. The van der Waals surface area contributed by atoms with Gasteiger partial charge in [0.2, 0.25) is 0 Å². The monoisotopic (exact) mass is 286 g/mol. The average molecular weight is 286 g/mol. The van der Waals surface area contributed by atoms with Crippen molar-refractivity contribution in [2.45, 2.75) is 39.2 Å². The maximum atomic E-state index is 5.52. The molecule has 0 atom stereocenters. The molecule has 112 valence electrons. The number of rotatable bonds is 3. The van der Waals surface area contributed by atoms with Gasteiger partial charge in [-0.15, -0.1) is 0 Å². The fourth-order valence-electron chi connectivity index (χ4n) is 3.22. The van der Waals surface area contributed by atoms with Gasteiger partial charge in [0.05, 0.1) is 0 Å². The van der Waals surface area contributed by atoms with E-state index in [1.54, 1.807) is 0 Å². The minimum absolute atomic E-state index is 0.312. The number of thiol groups is 1. The Kier molecular flexibility index (Phi) is 5.21. The first-order chi connectivity index (χ1) is 8.95. The lowest BCUT2D eigenvalue weighted by molar-refractivity contribution is -0.00910. The van der Waals surface area contributed by atoms with Gasteiger partial charge in [0, 0.05) is 51.5 Å². The molecule has 2 aliphatic heterocycles. The van der Waals surface area contributed by atoms with Crippen LogP contribution in [0.4, 0.5) is 0 Å². The molecule has 2 rings (SSSR count). The average Bonchev–Trinajstić information content (AvgIpc) is 2.39. The third-order valence-corrected chi connectivity index (χ3v) is 5.44. The molecule has 0 radical (unpaired) electrons. The summed E-state index contributed by atoms with van der Waals surface area (Å²) in [4.78, 5) is 5.24. The van der Waals surface area contributed by atoms with E-state index in [0.29, 0.717) is 11.0 Å². The molecule has 0 saturated carbocycles. The zero-order valence-electron chi connectivity index (χ0n) is 12.8. The van der Waals surface area contributed by atoms with E-state index in [1.807, 2.05) is 0 Å². The van der Waals surface area contributed by atoms with Crippen molar-refractivity contribution in [1.29, 1.82) is 0 Å². The van der Waals surface area contributed by atoms with E-state index < -0.39 is 0 Å². The van der Waals surface area contributed by atoms with Crippen LogP contribution in [0.25, 0.3) is 0 Å². The first-order valence-electron chi connectivity index (χ1n) is 7.61. The van der Waals surface area contributed by atoms with Gasteiger partial charge in [-0.1, -0.05) is 0 Å². The molecule has 0 bridgehead atoms. The van der Waals surface area contributed by atoms with E-state index in [9.17, 15) is 0 Å². The summed E-state index contributed by atoms with van der Waals surface area (Å²) in [5.41, 5.74) is 0.706. The summed E-state index contributed by atoms with van der Waals surface area (Å²) in [6.07, 6.45) is 2.35. The Labute approximate surface area is 124 Å². The van der Waals surface area contributed by atoms with Crippen molar-refractivity contribution in [1.82, 2.24) is 9.80 Å². The van der Waals surface area contributed by atoms with Crippen molar-refractivity contribution in [3.8, 4) is 0 Å². The van der Waals surface area contributed by atoms with Crippen LogP contribution in [0.5, 0.6) is 0 Å². The molecule has 2 fully saturated rings. The standard InChI is InChI=1S/C15H30N2OS/c1-14(2,3)17-8-6-16(7-9-17)12-15(13-19)4-10-18-11-5-15/h19H,4-13H2,1-3H3. The Bertz CT molecular complexity index is 276. The van der Waals surface area contributed by atoms with Gasteiger partial charge in [0.1, 0.15) is 0 Å². The molecule has 4 heteroatoms. The third-order valence-electron chi connectivity index (χ3n) is 4.77. The van der Waals surface area contributed by atoms with Crippen LogP contribution < -0.4 is 0 Å². The second kappa shape index (κ2) is 6.33. The molecule has 0 unspecified atom stereocenters. The predicted molar refractivity (Wildman–Crippen MR) is 84.1 cm³/mol. The second-order valence-electron chi connectivity index (χ2n) is 7.20. The number of nitrogens with zero attached hydrogens (tertiary/aromatic N) is 2. The van der Waals surface area contributed by atoms with Gasteiger partial charge in [-0.25, -0.2) is 0 Å². The molecule has 0 spiro atoms. The molecule has 0 aromatic rings. The molecular weight excluding hydrogens is 256 g/mol. The fraction of sp³-hybridized carbons (Fsp3) is 1.00. The molecule has 0 aromatic carbocycles. The highest BCUT2D eigenvalue weighted by molar-refractivity contribution is 7.80. The Hall–Kier alpha value is 0.230. The summed E-state index contributed by atoms with van der Waals surface area (Å²) < 4.78 is 5.52. The van der Waals surface area contributed by atoms with E-state index in [1.165, 1.54) is 45.6 Å². The molecule has 19 heavy (non-hydrogen) atoms. The van der Waals surface area contributed by atoms with Crippen molar-refractivity contribution in [2.75, 3.05) is 51.7 Å². The van der Waals surface area contributed by atoms with Gasteiger partial charge in [-0.05, 0) is 44.8 Å². The summed E-state index contributed by atoms with van der Waals surface area (Å²) in [6.45, 7) is 14.8. The second-order valence-corrected chi connectivity index (χ2v) is 7.52. The normalized spacial score (nSPS) is 26.5. The molecular formula is C15H30N2OS. The maximum absolute atomic E-state index is 5.52. The van der Waals surface area contributed by atoms with Crippen LogP contribution in [0.15, 0.2) is 0 Å². The first-order valence-corrected chi connectivity index (χ1v) is 8.24. The smallest absolute Gasteiger partial charge is 0.0472 e. The van der Waals surface area contributed by atoms with Crippen LogP contribution in [0.2, 0.25) is 0 Å². The van der Waals surface area contributed by atoms with E-state index >= 15 is 0 Å². The highest BCUT2D eigenvalue weighted by atomic mass is 32.1. The van der Waals surface area contributed by atoms with Crippen LogP contribution in [0, 0.1) is 5.41 Å². The fourth-order valence-corrected chi connectivity index (χ4v) is 3.64. The summed E-state index contributed by atoms with van der Waals surface area (Å²) in [5, 5.41) is 0. The molecule has 0 N–H and O–H groups in total. The molecule has 2 heterocycles. The van der Waals surface area contributed by atoms with E-state index in [0.717, 1.165) is 19.0 Å². The van der Waals surface area contributed by atoms with Crippen molar-refractivity contribution < 1.29 is 4.74 Å². The lowest BCUT2D eigenvalue weighted by Crippen LogP contribution is -2.55. The van der Waals surface area contributed by atoms with Gasteiger partial charge in [0.15, 0.2) is 0 Å². The quantitative estimate of drug-likeness (QED) is 0.801. The van der Waals surface area contributed by atoms with Gasteiger partial charge in [0.25, 0.3) is 0 Å². The molecule has 2 aliphatic rings. The van der Waals surface area contributed by atoms with Gasteiger partial charge in [-0.3, -0.25) is 4.90 Å². The van der Waals surface area contributed by atoms with Crippen molar-refractivity contribution in [2.24, 2.45) is 5.41 Å². The van der Waals surface area contributed by atoms with Crippen molar-refractivity contribution in [3.63, 3.8) is 0 Å². The van der Waals surface area contributed by atoms with Crippen molar-refractivity contribution >= 4 is 12.6 Å². The zero-order chi connectivity index (χ0) is 13.9. The summed E-state index contributed by atoms with van der Waals surface area (Å²) >= 11 is 4.62. The van der Waals surface area contributed by atoms with E-state index in [-0.39, 0.29) is 0 Å². The Balaban J connectivity index is 1.84. The molecule has 0 aromatic heterocycles. The minimum Gasteiger partial charge on any atom is -0.381 e. The van der Waals surface area contributed by atoms with Crippen LogP contribution in [0.1, 0.15) is 33.6 Å². The van der Waals surface area contributed by atoms with Gasteiger partial charge in [-0.2, -0.15) is 12.6 Å². The Morgan fingerprint density at radius 2 is 1.63 bits per heavy atom. The molecule has 0 aliphatic carbocycles. The largest absolute Gasteiger partial charge is 0.381 e. The van der Waals surface area contributed by atoms with E-state index in [4.69, 9.17) is 4.74 Å². The number of ether oxygens (including phenoxy) is 1. The maximum Gasteiger partial charge on any atom is 0.0472 e. The van der Waals surface area contributed by atoms with Crippen LogP contribution in [-0.4, -0.2) is 67.0 Å². The molecule has 2 saturated heterocycles. The third kappa shape index (κ3) is 4.10. The number of piperazine rings is 1. The minimum atomic E-state index is 0.312. The first kappa shape index (κ1) is 15.6. The summed E-state index contributed by atoms with van der Waals surface area (Å²) in [7, 11) is 0. The van der Waals surface area contributed by atoms with Crippen molar-refractivity contribution in [3.05, 3.63) is 0 Å². The number of hydrogen-bond donors (Lipinski definition) is 1. The van der Waals surface area contributed by atoms with Crippen LogP contribution in [0.3, 0.4) is 0 Å². The summed E-state index contributed by atoms with van der Waals surface area (Å²) in [6, 6.07) is 0. The van der Waals surface area contributed by atoms with E-state index in [2.05, 4.69) is 43.2 Å². The predicted octanol–water partition coefficient (Wildman–Crippen LogP) is 2.13. The van der Waals surface area contributed by atoms with Gasteiger partial charge >= 0.3 is 0 Å². The zero-order valence-corrected chi connectivity index (χ0v) is 13.7. The lowest BCUT2D eigenvalue weighted by atomic mass is 9.81. The number of hydrogen-bond acceptors (Lipinski definition) is 4. The lowest BCUT2D eigenvalue weighted by Gasteiger charge is -2.46.